The van der Waals surface area contributed by atoms with E-state index in [1.807, 2.05) is 0 Å². The third-order valence-electron chi connectivity index (χ3n) is 5.33. The van der Waals surface area contributed by atoms with Crippen molar-refractivity contribution in [1.29, 1.82) is 0 Å². The molecule has 1 heterocycles. The van der Waals surface area contributed by atoms with Gasteiger partial charge in [-0.3, -0.25) is 4.90 Å². The van der Waals surface area contributed by atoms with Gasteiger partial charge in [0.25, 0.3) is 0 Å². The van der Waals surface area contributed by atoms with E-state index in [1.165, 1.54) is 11.1 Å². The fraction of sp³-hybridized carbons (Fsp3) is 0.333. The van der Waals surface area contributed by atoms with Gasteiger partial charge in [-0.15, -0.1) is 0 Å². The van der Waals surface area contributed by atoms with Gasteiger partial charge in [0.2, 0.25) is 0 Å². The summed E-state index contributed by atoms with van der Waals surface area (Å²) < 4.78 is 0. The molecule has 1 atom stereocenters. The average Bonchev–Trinajstić information content (AvgIpc) is 3.11. The summed E-state index contributed by atoms with van der Waals surface area (Å²) in [4.78, 5) is 2.63. The highest BCUT2D eigenvalue weighted by Crippen LogP contribution is 2.43. The molecular formula is C21H24N2. The fourth-order valence-electron chi connectivity index (χ4n) is 4.07. The SMILES string of the molecule is C1=CC(c2ccccc2)(c2ccccc2)CC1N1CCNCC1. The van der Waals surface area contributed by atoms with Crippen LogP contribution in [0.4, 0.5) is 0 Å². The summed E-state index contributed by atoms with van der Waals surface area (Å²) in [6.45, 7) is 4.51. The van der Waals surface area contributed by atoms with E-state index in [0.717, 1.165) is 32.6 Å². The molecule has 2 aromatic carbocycles. The topological polar surface area (TPSA) is 15.3 Å². The third kappa shape index (κ3) is 2.73. The first-order valence-corrected chi connectivity index (χ1v) is 8.64. The molecule has 1 unspecified atom stereocenters. The van der Waals surface area contributed by atoms with E-state index in [1.54, 1.807) is 0 Å². The number of hydrogen-bond donors (Lipinski definition) is 1. The number of allylic oxidation sites excluding steroid dienone is 1. The summed E-state index contributed by atoms with van der Waals surface area (Å²) in [6.07, 6.45) is 6.02. The van der Waals surface area contributed by atoms with Gasteiger partial charge in [-0.1, -0.05) is 72.8 Å². The molecule has 4 rings (SSSR count). The van der Waals surface area contributed by atoms with Crippen LogP contribution < -0.4 is 5.32 Å². The smallest absolute Gasteiger partial charge is 0.0400 e. The number of rotatable bonds is 3. The summed E-state index contributed by atoms with van der Waals surface area (Å²) in [7, 11) is 0. The van der Waals surface area contributed by atoms with Crippen LogP contribution in [0.15, 0.2) is 72.8 Å². The Morgan fingerprint density at radius 1 is 0.826 bits per heavy atom. The minimum Gasteiger partial charge on any atom is -0.314 e. The van der Waals surface area contributed by atoms with Crippen molar-refractivity contribution < 1.29 is 0 Å². The van der Waals surface area contributed by atoms with Crippen LogP contribution in [0.3, 0.4) is 0 Å². The maximum atomic E-state index is 3.46. The predicted octanol–water partition coefficient (Wildman–Crippen LogP) is 3.21. The normalized spacial score (nSPS) is 23.9. The molecule has 1 N–H and O–H groups in total. The monoisotopic (exact) mass is 304 g/mol. The molecule has 2 nitrogen and oxygen atoms in total. The molecular weight excluding hydrogens is 280 g/mol. The van der Waals surface area contributed by atoms with Crippen molar-refractivity contribution in [2.75, 3.05) is 26.2 Å². The average molecular weight is 304 g/mol. The van der Waals surface area contributed by atoms with Crippen LogP contribution in [-0.4, -0.2) is 37.1 Å². The first kappa shape index (κ1) is 14.7. The van der Waals surface area contributed by atoms with Gasteiger partial charge in [-0.2, -0.15) is 0 Å². The van der Waals surface area contributed by atoms with Crippen LogP contribution in [0.5, 0.6) is 0 Å². The molecule has 1 saturated heterocycles. The first-order chi connectivity index (χ1) is 11.4. The molecule has 118 valence electrons. The largest absolute Gasteiger partial charge is 0.314 e. The zero-order chi connectivity index (χ0) is 15.5. The molecule has 1 fully saturated rings. The molecule has 1 aliphatic carbocycles. The molecule has 0 amide bonds. The molecule has 1 aliphatic heterocycles. The van der Waals surface area contributed by atoms with Crippen LogP contribution in [0.2, 0.25) is 0 Å². The van der Waals surface area contributed by atoms with E-state index >= 15 is 0 Å². The van der Waals surface area contributed by atoms with Crippen molar-refractivity contribution >= 4 is 0 Å². The lowest BCUT2D eigenvalue weighted by Crippen LogP contribution is -2.48. The summed E-state index contributed by atoms with van der Waals surface area (Å²) in [5.41, 5.74) is 2.82. The lowest BCUT2D eigenvalue weighted by Gasteiger charge is -2.36. The highest BCUT2D eigenvalue weighted by molar-refractivity contribution is 5.47. The van der Waals surface area contributed by atoms with Crippen LogP contribution >= 0.6 is 0 Å². The van der Waals surface area contributed by atoms with Crippen molar-refractivity contribution in [3.63, 3.8) is 0 Å². The zero-order valence-corrected chi connectivity index (χ0v) is 13.5. The lowest BCUT2D eigenvalue weighted by atomic mass is 9.73. The Morgan fingerprint density at radius 3 is 1.96 bits per heavy atom. The van der Waals surface area contributed by atoms with Gasteiger partial charge in [0.15, 0.2) is 0 Å². The maximum Gasteiger partial charge on any atom is 0.0400 e. The number of nitrogens with one attached hydrogen (secondary N) is 1. The van der Waals surface area contributed by atoms with Gasteiger partial charge in [-0.25, -0.2) is 0 Å². The van der Waals surface area contributed by atoms with Crippen molar-refractivity contribution in [2.45, 2.75) is 17.9 Å². The molecule has 0 saturated carbocycles. The minimum absolute atomic E-state index is 0.0120. The molecule has 2 aliphatic rings. The molecule has 2 aromatic rings. The van der Waals surface area contributed by atoms with Gasteiger partial charge in [0, 0.05) is 37.6 Å². The van der Waals surface area contributed by atoms with E-state index in [4.69, 9.17) is 0 Å². The van der Waals surface area contributed by atoms with E-state index in [2.05, 4.69) is 83.0 Å². The van der Waals surface area contributed by atoms with Gasteiger partial charge in [0.1, 0.15) is 0 Å². The Balaban J connectivity index is 1.70. The third-order valence-corrected chi connectivity index (χ3v) is 5.33. The van der Waals surface area contributed by atoms with Crippen LogP contribution in [0.1, 0.15) is 17.5 Å². The molecule has 0 radical (unpaired) electrons. The second kappa shape index (κ2) is 6.31. The Bertz CT molecular complexity index is 617. The molecule has 2 heteroatoms. The van der Waals surface area contributed by atoms with Crippen molar-refractivity contribution in [1.82, 2.24) is 10.2 Å². The summed E-state index contributed by atoms with van der Waals surface area (Å²) in [5, 5.41) is 3.46. The molecule has 0 bridgehead atoms. The van der Waals surface area contributed by atoms with Gasteiger partial charge < -0.3 is 5.32 Å². The highest BCUT2D eigenvalue weighted by Gasteiger charge is 2.39. The van der Waals surface area contributed by atoms with Gasteiger partial charge in [0.05, 0.1) is 0 Å². The Morgan fingerprint density at radius 2 is 1.39 bits per heavy atom. The van der Waals surface area contributed by atoms with E-state index in [9.17, 15) is 0 Å². The summed E-state index contributed by atoms with van der Waals surface area (Å²) in [5.74, 6) is 0. The highest BCUT2D eigenvalue weighted by atomic mass is 15.2. The number of benzene rings is 2. The molecule has 23 heavy (non-hydrogen) atoms. The van der Waals surface area contributed by atoms with Gasteiger partial charge in [-0.05, 0) is 17.5 Å². The van der Waals surface area contributed by atoms with Crippen LogP contribution in [0.25, 0.3) is 0 Å². The van der Waals surface area contributed by atoms with E-state index < -0.39 is 0 Å². The zero-order valence-electron chi connectivity index (χ0n) is 13.5. The molecule has 0 spiro atoms. The van der Waals surface area contributed by atoms with Crippen molar-refractivity contribution in [2.24, 2.45) is 0 Å². The predicted molar refractivity (Wildman–Crippen MR) is 95.7 cm³/mol. The van der Waals surface area contributed by atoms with Crippen LogP contribution in [-0.2, 0) is 5.41 Å². The lowest BCUT2D eigenvalue weighted by molar-refractivity contribution is 0.192. The van der Waals surface area contributed by atoms with Crippen LogP contribution in [0, 0.1) is 0 Å². The van der Waals surface area contributed by atoms with Crippen molar-refractivity contribution in [3.8, 4) is 0 Å². The van der Waals surface area contributed by atoms with Gasteiger partial charge >= 0.3 is 0 Å². The number of piperazine rings is 1. The summed E-state index contributed by atoms with van der Waals surface area (Å²) in [6, 6.07) is 22.5. The maximum absolute atomic E-state index is 3.46. The quantitative estimate of drug-likeness (QED) is 0.876. The van der Waals surface area contributed by atoms with E-state index in [-0.39, 0.29) is 5.41 Å². The Labute approximate surface area is 138 Å². The number of hydrogen-bond acceptors (Lipinski definition) is 2. The Hall–Kier alpha value is -1.90. The standard InChI is InChI=1S/C21H24N2/c1-3-7-18(8-4-1)21(19-9-5-2-6-10-19)12-11-20(17-21)23-15-13-22-14-16-23/h1-12,20,22H,13-17H2. The Kier molecular flexibility index (Phi) is 4.02. The number of nitrogens with zero attached hydrogens (tertiary/aromatic N) is 1. The van der Waals surface area contributed by atoms with E-state index in [0.29, 0.717) is 6.04 Å². The first-order valence-electron chi connectivity index (χ1n) is 8.64. The second-order valence-electron chi connectivity index (χ2n) is 6.62. The minimum atomic E-state index is 0.0120. The second-order valence-corrected chi connectivity index (χ2v) is 6.62. The summed E-state index contributed by atoms with van der Waals surface area (Å²) >= 11 is 0. The molecule has 0 aromatic heterocycles. The fourth-order valence-corrected chi connectivity index (χ4v) is 4.07. The van der Waals surface area contributed by atoms with Crippen molar-refractivity contribution in [3.05, 3.63) is 83.9 Å².